The average Bonchev–Trinajstić information content (AvgIpc) is 2.52. The van der Waals surface area contributed by atoms with Gasteiger partial charge < -0.3 is 10.2 Å². The Morgan fingerprint density at radius 3 is 2.79 bits per heavy atom. The molecule has 0 aromatic heterocycles. The van der Waals surface area contributed by atoms with Crippen molar-refractivity contribution in [2.45, 2.75) is 25.6 Å². The first-order valence-electron chi connectivity index (χ1n) is 5.22. The maximum Gasteiger partial charge on any atom is 0.0858 e. The number of thioether (sulfide) groups is 1. The largest absolute Gasteiger partial charge is 0.392 e. The quantitative estimate of drug-likeness (QED) is 0.597. The molecule has 0 aromatic rings. The Labute approximate surface area is 89.4 Å². The van der Waals surface area contributed by atoms with Crippen molar-refractivity contribution in [2.24, 2.45) is 17.8 Å². The second kappa shape index (κ2) is 3.54. The highest BCUT2D eigenvalue weighted by Crippen LogP contribution is 2.44. The van der Waals surface area contributed by atoms with Crippen molar-refractivity contribution in [1.29, 1.82) is 0 Å². The van der Waals surface area contributed by atoms with Crippen LogP contribution in [0.15, 0.2) is 12.2 Å². The molecule has 1 saturated heterocycles. The molecule has 0 radical (unpaired) electrons. The van der Waals surface area contributed by atoms with Gasteiger partial charge in [0.1, 0.15) is 0 Å². The maximum atomic E-state index is 10.5. The minimum Gasteiger partial charge on any atom is -0.392 e. The van der Waals surface area contributed by atoms with E-state index < -0.39 is 11.7 Å². The van der Waals surface area contributed by atoms with E-state index in [2.05, 4.69) is 12.2 Å². The minimum atomic E-state index is -0.689. The van der Waals surface area contributed by atoms with Crippen molar-refractivity contribution < 1.29 is 10.2 Å². The van der Waals surface area contributed by atoms with Gasteiger partial charge in [-0.05, 0) is 0 Å². The molecule has 0 amide bonds. The third kappa shape index (κ3) is 1.42. The molecule has 1 heterocycles. The fourth-order valence-electron chi connectivity index (χ4n) is 2.47. The van der Waals surface area contributed by atoms with E-state index in [0.29, 0.717) is 0 Å². The van der Waals surface area contributed by atoms with Crippen LogP contribution in [-0.2, 0) is 0 Å². The summed E-state index contributed by atoms with van der Waals surface area (Å²) in [6, 6.07) is 0. The highest BCUT2D eigenvalue weighted by atomic mass is 32.2. The Balaban J connectivity index is 2.32. The van der Waals surface area contributed by atoms with Crippen LogP contribution in [0, 0.1) is 17.8 Å². The van der Waals surface area contributed by atoms with Gasteiger partial charge >= 0.3 is 0 Å². The van der Waals surface area contributed by atoms with Crippen LogP contribution in [0.3, 0.4) is 0 Å². The van der Waals surface area contributed by atoms with Crippen molar-refractivity contribution in [2.75, 3.05) is 11.5 Å². The maximum absolute atomic E-state index is 10.5. The van der Waals surface area contributed by atoms with Gasteiger partial charge in [0.2, 0.25) is 0 Å². The van der Waals surface area contributed by atoms with Crippen LogP contribution in [0.4, 0.5) is 0 Å². The summed E-state index contributed by atoms with van der Waals surface area (Å²) in [4.78, 5) is 0. The molecule has 14 heavy (non-hydrogen) atoms. The van der Waals surface area contributed by atoms with Gasteiger partial charge in [0.05, 0.1) is 11.7 Å². The van der Waals surface area contributed by atoms with Crippen LogP contribution in [0.1, 0.15) is 13.8 Å². The molecule has 0 saturated carbocycles. The number of hydrogen-bond donors (Lipinski definition) is 2. The molecule has 1 fully saturated rings. The summed E-state index contributed by atoms with van der Waals surface area (Å²) in [6.07, 6.45) is 3.73. The molecule has 0 aromatic carbocycles. The molecular weight excluding hydrogens is 196 g/mol. The van der Waals surface area contributed by atoms with Crippen LogP contribution < -0.4 is 0 Å². The zero-order valence-electron chi connectivity index (χ0n) is 8.68. The molecule has 5 atom stereocenters. The molecular formula is C11H18O2S. The Bertz CT molecular complexity index is 254. The predicted octanol–water partition coefficient (Wildman–Crippen LogP) is 1.28. The first-order valence-corrected chi connectivity index (χ1v) is 6.37. The fourth-order valence-corrected chi connectivity index (χ4v) is 4.04. The van der Waals surface area contributed by atoms with Crippen LogP contribution >= 0.6 is 11.8 Å². The normalized spacial score (nSPS) is 52.9. The van der Waals surface area contributed by atoms with Crippen LogP contribution in [0.5, 0.6) is 0 Å². The van der Waals surface area contributed by atoms with E-state index in [1.54, 1.807) is 11.8 Å². The molecule has 0 unspecified atom stereocenters. The summed E-state index contributed by atoms with van der Waals surface area (Å²) in [5.41, 5.74) is -0.689. The molecule has 2 nitrogen and oxygen atoms in total. The summed E-state index contributed by atoms with van der Waals surface area (Å²) >= 11 is 1.78. The topological polar surface area (TPSA) is 40.5 Å². The Morgan fingerprint density at radius 2 is 2.07 bits per heavy atom. The molecule has 0 bridgehead atoms. The molecule has 80 valence electrons. The monoisotopic (exact) mass is 214 g/mol. The van der Waals surface area contributed by atoms with Crippen LogP contribution in [0.25, 0.3) is 0 Å². The zero-order valence-corrected chi connectivity index (χ0v) is 9.50. The molecule has 0 spiro atoms. The Hall–Kier alpha value is 0.01000. The third-order valence-corrected chi connectivity index (χ3v) is 5.02. The molecule has 1 aliphatic carbocycles. The second-order valence-electron chi connectivity index (χ2n) is 4.64. The number of rotatable bonds is 0. The standard InChI is InChI=1S/C11H18O2S/c1-7-3-4-9-5-14-6-11(9,13)8(2)10(7)12/h3-4,7-10,12-13H,5-6H2,1-2H3/t7-,8-,9+,10-,11+/m1/s1. The van der Waals surface area contributed by atoms with Gasteiger partial charge in [0, 0.05) is 29.3 Å². The van der Waals surface area contributed by atoms with E-state index in [1.165, 1.54) is 0 Å². The fraction of sp³-hybridized carbons (Fsp3) is 0.818. The van der Waals surface area contributed by atoms with Crippen molar-refractivity contribution in [3.8, 4) is 0 Å². The first kappa shape index (κ1) is 10.5. The summed E-state index contributed by atoms with van der Waals surface area (Å²) < 4.78 is 0. The summed E-state index contributed by atoms with van der Waals surface area (Å²) in [5, 5.41) is 20.5. The molecule has 2 aliphatic rings. The molecule has 3 heteroatoms. The number of aliphatic hydroxyl groups excluding tert-OH is 1. The highest BCUT2D eigenvalue weighted by molar-refractivity contribution is 7.99. The number of aliphatic hydroxyl groups is 2. The third-order valence-electron chi connectivity index (χ3n) is 3.76. The predicted molar refractivity (Wildman–Crippen MR) is 59.2 cm³/mol. The van der Waals surface area contributed by atoms with Crippen molar-refractivity contribution in [1.82, 2.24) is 0 Å². The lowest BCUT2D eigenvalue weighted by Gasteiger charge is -2.35. The van der Waals surface area contributed by atoms with E-state index >= 15 is 0 Å². The van der Waals surface area contributed by atoms with E-state index in [-0.39, 0.29) is 17.8 Å². The summed E-state index contributed by atoms with van der Waals surface area (Å²) in [5.74, 6) is 2.09. The SMILES string of the molecule is C[C@@H]1C=C[C@H]2CSC[C@]2(O)[C@H](C)[C@@H]1O. The van der Waals surface area contributed by atoms with Gasteiger partial charge in [-0.15, -0.1) is 0 Å². The smallest absolute Gasteiger partial charge is 0.0858 e. The lowest BCUT2D eigenvalue weighted by atomic mass is 9.77. The van der Waals surface area contributed by atoms with Gasteiger partial charge in [-0.3, -0.25) is 0 Å². The first-order chi connectivity index (χ1) is 6.55. The van der Waals surface area contributed by atoms with E-state index in [4.69, 9.17) is 0 Å². The van der Waals surface area contributed by atoms with Crippen molar-refractivity contribution >= 4 is 11.8 Å². The van der Waals surface area contributed by atoms with Crippen molar-refractivity contribution in [3.05, 3.63) is 12.2 Å². The Kier molecular flexibility index (Phi) is 2.66. The van der Waals surface area contributed by atoms with E-state index in [9.17, 15) is 10.2 Å². The number of fused-ring (bicyclic) bond motifs is 1. The van der Waals surface area contributed by atoms with Gasteiger partial charge in [0.15, 0.2) is 0 Å². The second-order valence-corrected chi connectivity index (χ2v) is 5.67. The van der Waals surface area contributed by atoms with Gasteiger partial charge in [-0.1, -0.05) is 26.0 Å². The van der Waals surface area contributed by atoms with Crippen LogP contribution in [-0.4, -0.2) is 33.4 Å². The van der Waals surface area contributed by atoms with Crippen molar-refractivity contribution in [3.63, 3.8) is 0 Å². The lowest BCUT2D eigenvalue weighted by Crippen LogP contribution is -2.47. The van der Waals surface area contributed by atoms with E-state index in [0.717, 1.165) is 11.5 Å². The zero-order chi connectivity index (χ0) is 10.3. The summed E-state index contributed by atoms with van der Waals surface area (Å²) in [6.45, 7) is 3.97. The number of hydrogen-bond acceptors (Lipinski definition) is 3. The minimum absolute atomic E-state index is 0.0347. The van der Waals surface area contributed by atoms with Gasteiger partial charge in [-0.25, -0.2) is 0 Å². The summed E-state index contributed by atoms with van der Waals surface area (Å²) in [7, 11) is 0. The molecule has 2 N–H and O–H groups in total. The van der Waals surface area contributed by atoms with Gasteiger partial charge in [0.25, 0.3) is 0 Å². The van der Waals surface area contributed by atoms with Crippen LogP contribution in [0.2, 0.25) is 0 Å². The van der Waals surface area contributed by atoms with E-state index in [1.807, 2.05) is 13.8 Å². The molecule has 1 aliphatic heterocycles. The lowest BCUT2D eigenvalue weighted by molar-refractivity contribution is -0.0692. The molecule has 2 rings (SSSR count). The highest BCUT2D eigenvalue weighted by Gasteiger charge is 2.49. The average molecular weight is 214 g/mol. The van der Waals surface area contributed by atoms with Gasteiger partial charge in [-0.2, -0.15) is 11.8 Å². The Morgan fingerprint density at radius 1 is 1.36 bits per heavy atom.